The van der Waals surface area contributed by atoms with Crippen LogP contribution in [0.5, 0.6) is 0 Å². The van der Waals surface area contributed by atoms with E-state index in [0.717, 1.165) is 6.61 Å². The molecule has 1 heterocycles. The van der Waals surface area contributed by atoms with Gasteiger partial charge in [-0.2, -0.15) is 0 Å². The zero-order chi connectivity index (χ0) is 19.1. The highest BCUT2D eigenvalue weighted by Gasteiger charge is 2.32. The topological polar surface area (TPSA) is 27.7 Å². The lowest BCUT2D eigenvalue weighted by Gasteiger charge is -2.18. The van der Waals surface area contributed by atoms with Crippen molar-refractivity contribution in [1.82, 2.24) is 0 Å². The fraction of sp³-hybridized carbons (Fsp3) is 1.00. The quantitative estimate of drug-likeness (QED) is 0.261. The molecule has 0 saturated carbocycles. The summed E-state index contributed by atoms with van der Waals surface area (Å²) < 4.78 is 17.1. The Balaban J connectivity index is 1.79. The van der Waals surface area contributed by atoms with E-state index in [-0.39, 0.29) is 6.10 Å². The van der Waals surface area contributed by atoms with E-state index in [2.05, 4.69) is 13.8 Å². The van der Waals surface area contributed by atoms with Gasteiger partial charge in [-0.3, -0.25) is 0 Å². The van der Waals surface area contributed by atoms with E-state index < -0.39 is 5.79 Å². The van der Waals surface area contributed by atoms with Gasteiger partial charge < -0.3 is 14.2 Å². The normalized spacial score (nSPS) is 20.5. The summed E-state index contributed by atoms with van der Waals surface area (Å²) in [6.07, 6.45) is 18.4. The van der Waals surface area contributed by atoms with Gasteiger partial charge in [0.2, 0.25) is 0 Å². The Morgan fingerprint density at radius 3 is 1.92 bits per heavy atom. The van der Waals surface area contributed by atoms with Gasteiger partial charge in [0.1, 0.15) is 6.10 Å². The van der Waals surface area contributed by atoms with Gasteiger partial charge in [0.05, 0.1) is 13.2 Å². The van der Waals surface area contributed by atoms with Crippen molar-refractivity contribution in [1.29, 1.82) is 0 Å². The first-order chi connectivity index (χ1) is 12.5. The van der Waals surface area contributed by atoms with Crippen LogP contribution in [0, 0.1) is 5.92 Å². The highest BCUT2D eigenvalue weighted by atomic mass is 16.7. The average molecular weight is 371 g/mol. The van der Waals surface area contributed by atoms with Crippen LogP contribution in [0.25, 0.3) is 0 Å². The monoisotopic (exact) mass is 370 g/mol. The van der Waals surface area contributed by atoms with Gasteiger partial charge in [-0.15, -0.1) is 0 Å². The molecule has 1 aliphatic heterocycles. The lowest BCUT2D eigenvalue weighted by atomic mass is 10.0. The van der Waals surface area contributed by atoms with Gasteiger partial charge in [0, 0.05) is 6.61 Å². The van der Waals surface area contributed by atoms with Crippen LogP contribution >= 0.6 is 0 Å². The second-order valence-electron chi connectivity index (χ2n) is 8.77. The van der Waals surface area contributed by atoms with Crippen LogP contribution < -0.4 is 0 Å². The minimum absolute atomic E-state index is 0.101. The van der Waals surface area contributed by atoms with Crippen molar-refractivity contribution in [3.63, 3.8) is 0 Å². The van der Waals surface area contributed by atoms with Crippen molar-refractivity contribution in [3.05, 3.63) is 0 Å². The van der Waals surface area contributed by atoms with E-state index in [9.17, 15) is 0 Å². The molecule has 3 nitrogen and oxygen atoms in total. The van der Waals surface area contributed by atoms with Crippen LogP contribution in [0.3, 0.4) is 0 Å². The zero-order valence-electron chi connectivity index (χ0n) is 18.2. The number of hydrogen-bond donors (Lipinski definition) is 0. The summed E-state index contributed by atoms with van der Waals surface area (Å²) in [6, 6.07) is 0. The molecular weight excluding hydrogens is 324 g/mol. The molecule has 2 atom stereocenters. The maximum absolute atomic E-state index is 5.83. The third-order valence-corrected chi connectivity index (χ3v) is 5.32. The summed E-state index contributed by atoms with van der Waals surface area (Å²) in [5.41, 5.74) is 0. The Kier molecular flexibility index (Phi) is 13.7. The molecule has 0 N–H and O–H groups in total. The second-order valence-corrected chi connectivity index (χ2v) is 8.77. The van der Waals surface area contributed by atoms with Crippen molar-refractivity contribution in [2.45, 2.75) is 123 Å². The summed E-state index contributed by atoms with van der Waals surface area (Å²) in [5, 5.41) is 0. The van der Waals surface area contributed by atoms with Gasteiger partial charge >= 0.3 is 0 Å². The van der Waals surface area contributed by atoms with Crippen molar-refractivity contribution < 1.29 is 14.2 Å². The van der Waals surface area contributed by atoms with Crippen LogP contribution in [0.4, 0.5) is 0 Å². The van der Waals surface area contributed by atoms with Gasteiger partial charge in [-0.25, -0.2) is 0 Å². The molecule has 0 amide bonds. The van der Waals surface area contributed by atoms with Crippen molar-refractivity contribution in [2.24, 2.45) is 5.92 Å². The van der Waals surface area contributed by atoms with Gasteiger partial charge in [0.15, 0.2) is 5.79 Å². The standard InChI is InChI=1S/C23H46O3/c1-5-6-7-8-9-10-11-12-13-14-15-16-17-21(2)18-24-19-22-20-25-23(3,4)26-22/h21-22H,5-20H2,1-4H3. The largest absolute Gasteiger partial charge is 0.378 e. The van der Waals surface area contributed by atoms with Crippen LogP contribution in [0.2, 0.25) is 0 Å². The first-order valence-corrected chi connectivity index (χ1v) is 11.4. The molecule has 0 aromatic carbocycles. The molecule has 26 heavy (non-hydrogen) atoms. The summed E-state index contributed by atoms with van der Waals surface area (Å²) in [7, 11) is 0. The van der Waals surface area contributed by atoms with Crippen LogP contribution in [-0.2, 0) is 14.2 Å². The summed E-state index contributed by atoms with van der Waals surface area (Å²) in [5.74, 6) is 0.211. The smallest absolute Gasteiger partial charge is 0.163 e. The molecule has 0 aromatic heterocycles. The lowest BCUT2D eigenvalue weighted by molar-refractivity contribution is -0.145. The predicted octanol–water partition coefficient (Wildman–Crippen LogP) is 6.88. The molecule has 3 heteroatoms. The number of rotatable bonds is 17. The van der Waals surface area contributed by atoms with Crippen molar-refractivity contribution in [3.8, 4) is 0 Å². The van der Waals surface area contributed by atoms with E-state index in [4.69, 9.17) is 14.2 Å². The molecule has 0 radical (unpaired) electrons. The summed E-state index contributed by atoms with van der Waals surface area (Å²) in [4.78, 5) is 0. The average Bonchev–Trinajstić information content (AvgIpc) is 2.95. The van der Waals surface area contributed by atoms with Crippen LogP contribution in [0.15, 0.2) is 0 Å². The SMILES string of the molecule is CCCCCCCCCCCCCCC(C)COCC1COC(C)(C)O1. The summed E-state index contributed by atoms with van der Waals surface area (Å²) >= 11 is 0. The minimum Gasteiger partial charge on any atom is -0.378 e. The number of ether oxygens (including phenoxy) is 3. The van der Waals surface area contributed by atoms with E-state index in [1.165, 1.54) is 83.5 Å². The highest BCUT2D eigenvalue weighted by molar-refractivity contribution is 4.70. The Bertz CT molecular complexity index is 317. The van der Waals surface area contributed by atoms with E-state index >= 15 is 0 Å². The van der Waals surface area contributed by atoms with Gasteiger partial charge in [-0.1, -0.05) is 90.9 Å². The molecule has 0 spiro atoms. The van der Waals surface area contributed by atoms with Crippen molar-refractivity contribution in [2.75, 3.05) is 19.8 Å². The van der Waals surface area contributed by atoms with E-state index in [0.29, 0.717) is 19.1 Å². The third kappa shape index (κ3) is 13.1. The van der Waals surface area contributed by atoms with E-state index in [1.807, 2.05) is 13.8 Å². The Labute approximate surface area is 163 Å². The molecule has 0 aliphatic carbocycles. The van der Waals surface area contributed by atoms with Gasteiger partial charge in [0.25, 0.3) is 0 Å². The molecule has 2 unspecified atom stereocenters. The molecule has 1 saturated heterocycles. The van der Waals surface area contributed by atoms with Gasteiger partial charge in [-0.05, 0) is 26.2 Å². The fourth-order valence-corrected chi connectivity index (χ4v) is 3.66. The van der Waals surface area contributed by atoms with Crippen molar-refractivity contribution >= 4 is 0 Å². The Hall–Kier alpha value is -0.120. The highest BCUT2D eigenvalue weighted by Crippen LogP contribution is 2.22. The molecule has 1 fully saturated rings. The molecule has 1 aliphatic rings. The molecule has 0 bridgehead atoms. The molecule has 0 aromatic rings. The maximum Gasteiger partial charge on any atom is 0.163 e. The summed E-state index contributed by atoms with van der Waals surface area (Å²) in [6.45, 7) is 10.7. The minimum atomic E-state index is -0.436. The van der Waals surface area contributed by atoms with Crippen LogP contribution in [0.1, 0.15) is 111 Å². The van der Waals surface area contributed by atoms with Crippen LogP contribution in [-0.4, -0.2) is 31.7 Å². The first-order valence-electron chi connectivity index (χ1n) is 11.4. The zero-order valence-corrected chi connectivity index (χ0v) is 18.2. The number of hydrogen-bond acceptors (Lipinski definition) is 3. The third-order valence-electron chi connectivity index (χ3n) is 5.32. The maximum atomic E-state index is 5.83. The molecule has 156 valence electrons. The molecular formula is C23H46O3. The first kappa shape index (κ1) is 23.9. The van der Waals surface area contributed by atoms with E-state index in [1.54, 1.807) is 0 Å². The fourth-order valence-electron chi connectivity index (χ4n) is 3.66. The second kappa shape index (κ2) is 14.9. The molecule has 1 rings (SSSR count). The number of unbranched alkanes of at least 4 members (excludes halogenated alkanes) is 11. The Morgan fingerprint density at radius 1 is 0.885 bits per heavy atom. The lowest BCUT2D eigenvalue weighted by Crippen LogP contribution is -2.24. The predicted molar refractivity (Wildman–Crippen MR) is 111 cm³/mol. The Morgan fingerprint density at radius 2 is 1.42 bits per heavy atom.